The zero-order valence-electron chi connectivity index (χ0n) is 16.1. The average Bonchev–Trinajstić information content (AvgIpc) is 3.17. The van der Waals surface area contributed by atoms with Crippen LogP contribution < -0.4 is 9.62 Å². The third-order valence-electron chi connectivity index (χ3n) is 5.03. The summed E-state index contributed by atoms with van der Waals surface area (Å²) >= 11 is 0. The van der Waals surface area contributed by atoms with E-state index in [0.717, 1.165) is 34.9 Å². The van der Waals surface area contributed by atoms with Gasteiger partial charge in [-0.2, -0.15) is 0 Å². The summed E-state index contributed by atoms with van der Waals surface area (Å²) in [7, 11) is -3.86. The molecule has 0 saturated carbocycles. The minimum absolute atomic E-state index is 0.0140. The van der Waals surface area contributed by atoms with Gasteiger partial charge < -0.3 is 4.90 Å². The fourth-order valence-electron chi connectivity index (χ4n) is 3.53. The molecule has 30 heavy (non-hydrogen) atoms. The Morgan fingerprint density at radius 1 is 1.07 bits per heavy atom. The maximum atomic E-state index is 13.3. The molecule has 1 aromatic heterocycles. The normalized spacial score (nSPS) is 13.3. The van der Waals surface area contributed by atoms with Gasteiger partial charge >= 0.3 is 0 Å². The summed E-state index contributed by atoms with van der Waals surface area (Å²) in [6, 6.07) is 14.6. The first-order valence-electron chi connectivity index (χ1n) is 9.53. The summed E-state index contributed by atoms with van der Waals surface area (Å²) in [5, 5.41) is 0. The van der Waals surface area contributed by atoms with Gasteiger partial charge in [0.05, 0.1) is 4.90 Å². The van der Waals surface area contributed by atoms with E-state index < -0.39 is 15.8 Å². The molecule has 1 N–H and O–H groups in total. The molecular weight excluding hydrogens is 405 g/mol. The minimum atomic E-state index is -3.86. The minimum Gasteiger partial charge on any atom is -0.312 e. The van der Waals surface area contributed by atoms with Crippen LogP contribution in [0.3, 0.4) is 0 Å². The van der Waals surface area contributed by atoms with Crippen molar-refractivity contribution in [3.8, 4) is 11.1 Å². The number of carbonyl (C=O) groups excluding carboxylic acids is 1. The molecule has 0 radical (unpaired) electrons. The molecule has 2 aromatic carbocycles. The van der Waals surface area contributed by atoms with E-state index in [1.54, 1.807) is 17.3 Å². The Morgan fingerprint density at radius 3 is 2.63 bits per heavy atom. The van der Waals surface area contributed by atoms with E-state index in [1.807, 2.05) is 24.3 Å². The second kappa shape index (κ2) is 8.33. The molecule has 0 unspecified atom stereocenters. The quantitative estimate of drug-likeness (QED) is 0.658. The Hall–Kier alpha value is -3.10. The van der Waals surface area contributed by atoms with E-state index >= 15 is 0 Å². The molecule has 0 bridgehead atoms. The first-order chi connectivity index (χ1) is 14.4. The predicted octanol–water partition coefficient (Wildman–Crippen LogP) is 3.15. The number of amides is 1. The number of carbonyl (C=O) groups is 1. The number of pyridine rings is 1. The molecular formula is C22H20FN3O3S. The fraction of sp³-hybridized carbons (Fsp3) is 0.182. The summed E-state index contributed by atoms with van der Waals surface area (Å²) in [6.07, 6.45) is 4.24. The van der Waals surface area contributed by atoms with Crippen molar-refractivity contribution in [1.82, 2.24) is 9.71 Å². The second-order valence-electron chi connectivity index (χ2n) is 6.98. The number of rotatable bonds is 6. The van der Waals surface area contributed by atoms with Crippen molar-refractivity contribution >= 4 is 21.6 Å². The molecule has 1 aliphatic rings. The lowest BCUT2D eigenvalue weighted by molar-refractivity contribution is -0.118. The number of hydrogen-bond donors (Lipinski definition) is 1. The van der Waals surface area contributed by atoms with Gasteiger partial charge in [-0.25, -0.2) is 17.5 Å². The topological polar surface area (TPSA) is 79.4 Å². The first kappa shape index (κ1) is 20.2. The van der Waals surface area contributed by atoms with Crippen LogP contribution in [0.25, 0.3) is 11.1 Å². The number of nitrogens with one attached hydrogen (secondary N) is 1. The SMILES string of the molecule is O=C(CCNS(=O)(=O)c1cccc(F)c1)N1CCc2cc(-c3ccncc3)ccc21. The van der Waals surface area contributed by atoms with Crippen LogP contribution >= 0.6 is 0 Å². The molecule has 0 fully saturated rings. The van der Waals surface area contributed by atoms with Crippen LogP contribution in [0.4, 0.5) is 10.1 Å². The maximum Gasteiger partial charge on any atom is 0.240 e. The van der Waals surface area contributed by atoms with Gasteiger partial charge in [-0.05, 0) is 65.6 Å². The molecule has 154 valence electrons. The molecule has 4 rings (SSSR count). The standard InChI is InChI=1S/C22H20FN3O3S/c23-19-2-1-3-20(15-19)30(28,29)25-12-8-22(27)26-13-9-18-14-17(4-5-21(18)26)16-6-10-24-11-7-16/h1-7,10-11,14-15,25H,8-9,12-13H2. The van der Waals surface area contributed by atoms with Crippen LogP contribution in [0.5, 0.6) is 0 Å². The number of aromatic nitrogens is 1. The van der Waals surface area contributed by atoms with E-state index in [0.29, 0.717) is 6.54 Å². The zero-order chi connectivity index (χ0) is 21.1. The zero-order valence-corrected chi connectivity index (χ0v) is 16.9. The molecule has 6 nitrogen and oxygen atoms in total. The highest BCUT2D eigenvalue weighted by Gasteiger charge is 2.25. The first-order valence-corrected chi connectivity index (χ1v) is 11.0. The van der Waals surface area contributed by atoms with E-state index in [-0.39, 0.29) is 23.8 Å². The van der Waals surface area contributed by atoms with Crippen LogP contribution in [0.2, 0.25) is 0 Å². The lowest BCUT2D eigenvalue weighted by atomic mass is 10.0. The van der Waals surface area contributed by atoms with Crippen molar-refractivity contribution < 1.29 is 17.6 Å². The maximum absolute atomic E-state index is 13.3. The van der Waals surface area contributed by atoms with E-state index in [9.17, 15) is 17.6 Å². The molecule has 2 heterocycles. The molecule has 0 saturated heterocycles. The Morgan fingerprint density at radius 2 is 1.87 bits per heavy atom. The van der Waals surface area contributed by atoms with Gasteiger partial charge in [0.15, 0.2) is 0 Å². The van der Waals surface area contributed by atoms with E-state index in [1.165, 1.54) is 18.2 Å². The fourth-order valence-corrected chi connectivity index (χ4v) is 4.59. The number of nitrogens with zero attached hydrogens (tertiary/aromatic N) is 2. The van der Waals surface area contributed by atoms with E-state index in [4.69, 9.17) is 0 Å². The summed E-state index contributed by atoms with van der Waals surface area (Å²) in [6.45, 7) is 0.503. The van der Waals surface area contributed by atoms with Gasteiger partial charge in [-0.1, -0.05) is 12.1 Å². The van der Waals surface area contributed by atoms with Crippen molar-refractivity contribution in [1.29, 1.82) is 0 Å². The van der Waals surface area contributed by atoms with Crippen LogP contribution in [-0.4, -0.2) is 32.4 Å². The van der Waals surface area contributed by atoms with Crippen LogP contribution in [-0.2, 0) is 21.2 Å². The van der Waals surface area contributed by atoms with Crippen molar-refractivity contribution in [3.63, 3.8) is 0 Å². The second-order valence-corrected chi connectivity index (χ2v) is 8.75. The predicted molar refractivity (Wildman–Crippen MR) is 112 cm³/mol. The van der Waals surface area contributed by atoms with Crippen molar-refractivity contribution in [2.24, 2.45) is 0 Å². The Bertz CT molecular complexity index is 1180. The number of fused-ring (bicyclic) bond motifs is 1. The Labute approximate surface area is 174 Å². The lowest BCUT2D eigenvalue weighted by Crippen LogP contribution is -2.33. The third kappa shape index (κ3) is 4.24. The average molecular weight is 425 g/mol. The molecule has 0 aliphatic carbocycles. The van der Waals surface area contributed by atoms with Gasteiger partial charge in [-0.3, -0.25) is 9.78 Å². The lowest BCUT2D eigenvalue weighted by Gasteiger charge is -2.18. The van der Waals surface area contributed by atoms with E-state index in [2.05, 4.69) is 15.8 Å². The molecule has 3 aromatic rings. The molecule has 0 atom stereocenters. The van der Waals surface area contributed by atoms with Crippen LogP contribution in [0.1, 0.15) is 12.0 Å². The summed E-state index contributed by atoms with van der Waals surface area (Å²) in [4.78, 5) is 18.2. The number of hydrogen-bond acceptors (Lipinski definition) is 4. The van der Waals surface area contributed by atoms with Crippen molar-refractivity contribution in [2.75, 3.05) is 18.0 Å². The third-order valence-corrected chi connectivity index (χ3v) is 6.49. The molecule has 8 heteroatoms. The molecule has 0 spiro atoms. The highest BCUT2D eigenvalue weighted by Crippen LogP contribution is 2.32. The van der Waals surface area contributed by atoms with Gasteiger partial charge in [0.25, 0.3) is 0 Å². The van der Waals surface area contributed by atoms with Crippen LogP contribution in [0.15, 0.2) is 71.9 Å². The number of benzene rings is 2. The monoisotopic (exact) mass is 425 g/mol. The molecule has 1 aliphatic heterocycles. The van der Waals surface area contributed by atoms with Crippen molar-refractivity contribution in [3.05, 3.63) is 78.4 Å². The smallest absolute Gasteiger partial charge is 0.240 e. The highest BCUT2D eigenvalue weighted by molar-refractivity contribution is 7.89. The summed E-state index contributed by atoms with van der Waals surface area (Å²) < 4.78 is 40.1. The highest BCUT2D eigenvalue weighted by atomic mass is 32.2. The van der Waals surface area contributed by atoms with Gasteiger partial charge in [-0.15, -0.1) is 0 Å². The van der Waals surface area contributed by atoms with Gasteiger partial charge in [0.1, 0.15) is 5.82 Å². The van der Waals surface area contributed by atoms with Gasteiger partial charge in [0.2, 0.25) is 15.9 Å². The summed E-state index contributed by atoms with van der Waals surface area (Å²) in [5.41, 5.74) is 4.06. The Balaban J connectivity index is 1.40. The largest absolute Gasteiger partial charge is 0.312 e. The van der Waals surface area contributed by atoms with Crippen LogP contribution in [0, 0.1) is 5.82 Å². The summed E-state index contributed by atoms with van der Waals surface area (Å²) in [5.74, 6) is -0.791. The number of anilines is 1. The molecule has 1 amide bonds. The number of halogens is 1. The van der Waals surface area contributed by atoms with Gasteiger partial charge in [0, 0.05) is 37.6 Å². The van der Waals surface area contributed by atoms with Crippen molar-refractivity contribution in [2.45, 2.75) is 17.7 Å². The number of sulfonamides is 1. The Kier molecular flexibility index (Phi) is 5.61.